The van der Waals surface area contributed by atoms with E-state index in [1.165, 1.54) is 30.5 Å². The lowest BCUT2D eigenvalue weighted by atomic mass is 9.98. The predicted molar refractivity (Wildman–Crippen MR) is 274 cm³/mol. The van der Waals surface area contributed by atoms with Crippen molar-refractivity contribution in [2.75, 3.05) is 30.9 Å². The van der Waals surface area contributed by atoms with Gasteiger partial charge >= 0.3 is 17.9 Å². The van der Waals surface area contributed by atoms with Crippen LogP contribution in [0.3, 0.4) is 0 Å². The molecule has 0 aliphatic carbocycles. The summed E-state index contributed by atoms with van der Waals surface area (Å²) in [6.45, 7) is -2.59. The molecule has 0 radical (unpaired) electrons. The van der Waals surface area contributed by atoms with Crippen LogP contribution in [0.15, 0.2) is 35.3 Å². The fourth-order valence-corrected chi connectivity index (χ4v) is 7.42. The summed E-state index contributed by atoms with van der Waals surface area (Å²) >= 11 is 0. The maximum atomic E-state index is 14.0. The van der Waals surface area contributed by atoms with Gasteiger partial charge in [-0.3, -0.25) is 48.1 Å². The first-order chi connectivity index (χ1) is 38.9. The number of nitrogen functional groups attached to an aromatic ring is 1. The number of aliphatic hydroxyl groups is 12. The van der Waals surface area contributed by atoms with Crippen molar-refractivity contribution < 1.29 is 120 Å². The van der Waals surface area contributed by atoms with Gasteiger partial charge in [-0.25, -0.2) is 14.8 Å². The summed E-state index contributed by atoms with van der Waals surface area (Å²) in [5.74, 6) is -14.3. The van der Waals surface area contributed by atoms with E-state index in [0.717, 1.165) is 6.92 Å². The average molecular weight is 1190 g/mol. The van der Waals surface area contributed by atoms with E-state index < -0.39 is 202 Å². The van der Waals surface area contributed by atoms with Crippen LogP contribution in [0.25, 0.3) is 11.2 Å². The maximum absolute atomic E-state index is 14.0. The predicted octanol–water partition coefficient (Wildman–Crippen LogP) is -11.1. The highest BCUT2D eigenvalue weighted by Gasteiger charge is 2.42. The Kier molecular flexibility index (Phi) is 27.0. The second-order valence-electron chi connectivity index (χ2n) is 18.5. The Bertz CT molecular complexity index is 2800. The van der Waals surface area contributed by atoms with Crippen LogP contribution >= 0.6 is 0 Å². The number of H-pyrrole nitrogens is 1. The largest absolute Gasteiger partial charge is 0.481 e. The quantitative estimate of drug-likeness (QED) is 0.0260. The van der Waals surface area contributed by atoms with Crippen molar-refractivity contribution in [2.45, 2.75) is 137 Å². The Morgan fingerprint density at radius 1 is 0.578 bits per heavy atom. The fraction of sp³-hybridized carbons (Fsp3) is 0.543. The molecule has 1 aromatic carbocycles. The first-order valence-electron chi connectivity index (χ1n) is 24.7. The third kappa shape index (κ3) is 20.6. The molecule has 2 heterocycles. The lowest BCUT2D eigenvalue weighted by Crippen LogP contribution is -2.65. The lowest BCUT2D eigenvalue weighted by Gasteiger charge is -2.32. The monoisotopic (exact) mass is 1190 g/mol. The molecule has 37 heteroatoms. The number of nitrogens with two attached hydrogens (primary N) is 1. The zero-order valence-electron chi connectivity index (χ0n) is 43.6. The second kappa shape index (κ2) is 32.4. The topological polar surface area (TPSA) is 639 Å². The molecule has 0 saturated carbocycles. The van der Waals surface area contributed by atoms with Gasteiger partial charge in [0.15, 0.2) is 11.2 Å². The zero-order chi connectivity index (χ0) is 62.6. The number of aromatic amines is 1. The molecule has 0 fully saturated rings. The number of aromatic nitrogens is 4. The van der Waals surface area contributed by atoms with Crippen molar-refractivity contribution in [1.29, 1.82) is 0 Å². The van der Waals surface area contributed by atoms with Gasteiger partial charge in [-0.15, -0.1) is 0 Å². The minimum atomic E-state index is -2.76. The summed E-state index contributed by atoms with van der Waals surface area (Å²) in [5, 5.41) is 165. The first-order valence-corrected chi connectivity index (χ1v) is 24.7. The summed E-state index contributed by atoms with van der Waals surface area (Å²) in [7, 11) is 0. The van der Waals surface area contributed by atoms with E-state index in [1.807, 2.05) is 21.3 Å². The molecular weight excluding hydrogens is 1120 g/mol. The molecular formula is C46H66N12O25. The third-order valence-corrected chi connectivity index (χ3v) is 12.2. The molecule has 0 spiro atoms. The second-order valence-corrected chi connectivity index (χ2v) is 18.5. The van der Waals surface area contributed by atoms with E-state index in [-0.39, 0.29) is 29.2 Å². The van der Waals surface area contributed by atoms with Gasteiger partial charge in [0.2, 0.25) is 35.5 Å². The van der Waals surface area contributed by atoms with Gasteiger partial charge in [-0.1, -0.05) is 0 Å². The summed E-state index contributed by atoms with van der Waals surface area (Å²) in [5.41, 5.74) is 5.48. The molecule has 25 N–H and O–H groups in total. The van der Waals surface area contributed by atoms with Gasteiger partial charge in [0.25, 0.3) is 11.5 Å². The van der Waals surface area contributed by atoms with Crippen LogP contribution in [0.5, 0.6) is 0 Å². The van der Waals surface area contributed by atoms with Crippen LogP contribution in [0.1, 0.15) is 55.1 Å². The SMILES string of the molecule is C[C@@H](NC(=O)[C@H](CC(=O)O)NC(=O)[C@@H](NC(=O)[C@H](CCC(=O)O)NC(=O)[C@@H](NC(=O)CC[C@H](NC(=O)c1ccc(NCc2cnc3nc(N)[nH]c(=O)c3n2)cc1)C(=O)O)[C@@H](O)[C@H](O)[C@H](O)CO)[C@@H](O)[C@H](O)[C@H](O)CO)[C@@H](O)[C@H](O)[C@H](O)CO. The van der Waals surface area contributed by atoms with Crippen molar-refractivity contribution in [3.05, 3.63) is 52.1 Å². The Hall–Kier alpha value is -8.21. The Morgan fingerprint density at radius 3 is 1.60 bits per heavy atom. The molecule has 0 aliphatic rings. The maximum Gasteiger partial charge on any atom is 0.326 e. The highest BCUT2D eigenvalue weighted by atomic mass is 16.4. The summed E-state index contributed by atoms with van der Waals surface area (Å²) in [4.78, 5) is 144. The van der Waals surface area contributed by atoms with Crippen LogP contribution in [-0.4, -0.2) is 261 Å². The standard InChI is InChI=1S/C46H66N12O25/c1-16(32(70)33(71)23(62)13-59)50-41(78)22(10-28(68)69)54-43(80)30(37(75)35(73)25(64)15-61)56-40(77)20(7-9-27(66)67)52-42(79)29(36(74)34(72)24(63)14-60)55-26(65)8-6-21(45(82)83)53-39(76)17-2-4-18(5-3-17)48-11-19-12-49-38-31(51-19)44(81)58-46(47)57-38/h2-5,12,16,20-25,29-30,32-37,48,59-64,70-75H,6-11,13-15H2,1H3,(H,50,78)(H,52,79)(H,53,76)(H,54,80)(H,55,65)(H,56,77)(H,66,67)(H,68,69)(H,82,83)(H3,47,49,57,58,81)/t16-,20+,21+,22+,23-,24-,25-,29+,30+,32-,33-,34-,35-,36-,37-/m1/s1. The van der Waals surface area contributed by atoms with Gasteiger partial charge in [0, 0.05) is 24.1 Å². The Morgan fingerprint density at radius 2 is 1.08 bits per heavy atom. The molecule has 0 saturated heterocycles. The number of anilines is 2. The molecule has 0 bridgehead atoms. The molecule has 3 aromatic rings. The number of fused-ring (bicyclic) bond motifs is 1. The van der Waals surface area contributed by atoms with E-state index in [9.17, 15) is 119 Å². The summed E-state index contributed by atoms with van der Waals surface area (Å²) in [6, 6.07) is -7.77. The minimum Gasteiger partial charge on any atom is -0.481 e. The van der Waals surface area contributed by atoms with Crippen molar-refractivity contribution in [3.63, 3.8) is 0 Å². The molecule has 37 nitrogen and oxygen atoms in total. The first kappa shape index (κ1) is 69.1. The number of nitrogens with one attached hydrogen (secondary N) is 8. The number of carboxylic acids is 3. The number of aliphatic hydroxyl groups excluding tert-OH is 12. The number of amides is 6. The van der Waals surface area contributed by atoms with E-state index in [1.54, 1.807) is 5.32 Å². The van der Waals surface area contributed by atoms with Crippen LogP contribution in [0, 0.1) is 0 Å². The van der Waals surface area contributed by atoms with Crippen LogP contribution in [-0.2, 0) is 44.9 Å². The number of carbonyl (C=O) groups excluding carboxylic acids is 6. The number of carboxylic acid groups (broad SMARTS) is 3. The minimum absolute atomic E-state index is 0.00820. The number of hydrogen-bond acceptors (Lipinski definition) is 27. The Labute approximate surface area is 466 Å². The smallest absolute Gasteiger partial charge is 0.326 e. The van der Waals surface area contributed by atoms with Crippen LogP contribution in [0.2, 0.25) is 0 Å². The third-order valence-electron chi connectivity index (χ3n) is 12.2. The number of carbonyl (C=O) groups is 9. The van der Waals surface area contributed by atoms with E-state index in [4.69, 9.17) is 10.8 Å². The van der Waals surface area contributed by atoms with Gasteiger partial charge < -0.3 is 120 Å². The molecule has 83 heavy (non-hydrogen) atoms. The lowest BCUT2D eigenvalue weighted by molar-refractivity contribution is -0.145. The number of nitrogens with zero attached hydrogens (tertiary/aromatic N) is 3. The van der Waals surface area contributed by atoms with Crippen LogP contribution in [0.4, 0.5) is 11.6 Å². The number of hydrogen-bond donors (Lipinski definition) is 24. The van der Waals surface area contributed by atoms with E-state index >= 15 is 0 Å². The van der Waals surface area contributed by atoms with Crippen molar-refractivity contribution >= 4 is 76.2 Å². The van der Waals surface area contributed by atoms with Gasteiger partial charge in [0.1, 0.15) is 85.1 Å². The van der Waals surface area contributed by atoms with Crippen molar-refractivity contribution in [3.8, 4) is 0 Å². The average Bonchev–Trinajstić information content (AvgIpc) is 3.66. The molecule has 2 aromatic heterocycles. The number of benzene rings is 1. The van der Waals surface area contributed by atoms with Gasteiger partial charge in [-0.05, 0) is 44.0 Å². The van der Waals surface area contributed by atoms with Crippen molar-refractivity contribution in [2.24, 2.45) is 0 Å². The summed E-state index contributed by atoms with van der Waals surface area (Å²) < 4.78 is 0. The molecule has 0 aliphatic heterocycles. The normalized spacial score (nSPS) is 16.9. The van der Waals surface area contributed by atoms with E-state index in [2.05, 4.69) is 30.6 Å². The molecule has 3 rings (SSSR count). The molecule has 6 amide bonds. The van der Waals surface area contributed by atoms with Crippen LogP contribution < -0.4 is 48.5 Å². The fourth-order valence-electron chi connectivity index (χ4n) is 7.42. The summed E-state index contributed by atoms with van der Waals surface area (Å²) in [6.07, 6.45) is -24.9. The molecule has 0 unspecified atom stereocenters. The highest BCUT2D eigenvalue weighted by molar-refractivity contribution is 5.98. The van der Waals surface area contributed by atoms with Gasteiger partial charge in [0.05, 0.1) is 50.7 Å². The van der Waals surface area contributed by atoms with Crippen molar-refractivity contribution in [1.82, 2.24) is 51.8 Å². The number of rotatable bonds is 35. The zero-order valence-corrected chi connectivity index (χ0v) is 43.6. The Balaban J connectivity index is 1.85. The number of aliphatic carboxylic acids is 3. The van der Waals surface area contributed by atoms with E-state index in [0.29, 0.717) is 11.4 Å². The molecule has 460 valence electrons. The van der Waals surface area contributed by atoms with Gasteiger partial charge in [-0.2, -0.15) is 4.98 Å². The highest BCUT2D eigenvalue weighted by Crippen LogP contribution is 2.15. The molecule has 15 atom stereocenters.